The van der Waals surface area contributed by atoms with Gasteiger partial charge in [-0.3, -0.25) is 4.79 Å². The van der Waals surface area contributed by atoms with Gasteiger partial charge in [0.2, 0.25) is 0 Å². The third-order valence-electron chi connectivity index (χ3n) is 3.05. The topological polar surface area (TPSA) is 79.4 Å². The number of fused-ring (bicyclic) bond motifs is 1. The maximum Gasteiger partial charge on any atom is 0.341 e. The van der Waals surface area contributed by atoms with Crippen molar-refractivity contribution in [2.75, 3.05) is 0 Å². The smallest absolute Gasteiger partial charge is 0.341 e. The molecule has 0 radical (unpaired) electrons. The monoisotopic (exact) mass is 237 g/mol. The lowest BCUT2D eigenvalue weighted by Crippen LogP contribution is -2.31. The van der Waals surface area contributed by atoms with E-state index in [4.69, 9.17) is 9.84 Å². The summed E-state index contributed by atoms with van der Waals surface area (Å²) in [5.74, 6) is -0.842. The number of pyridine rings is 1. The standard InChI is InChI=1S/C12H15NO4/c1-6(2)10-4-9-7(5-17-10)3-8(12(15)16)11(14)13-9/h3,6,10H,4-5H2,1-2H3,(H,13,14)(H,15,16)/t10-/m1/s1. The molecule has 5 heteroatoms. The van der Waals surface area contributed by atoms with Gasteiger partial charge in [-0.25, -0.2) is 4.79 Å². The maximum atomic E-state index is 11.5. The van der Waals surface area contributed by atoms with Crippen molar-refractivity contribution >= 4 is 5.97 Å². The molecule has 17 heavy (non-hydrogen) atoms. The Hall–Kier alpha value is -1.62. The number of carboxylic acid groups (broad SMARTS) is 1. The van der Waals surface area contributed by atoms with Crippen molar-refractivity contribution in [1.82, 2.24) is 4.98 Å². The Morgan fingerprint density at radius 1 is 1.59 bits per heavy atom. The van der Waals surface area contributed by atoms with Gasteiger partial charge in [0.25, 0.3) is 5.56 Å². The first kappa shape index (κ1) is 11.9. The van der Waals surface area contributed by atoms with Crippen LogP contribution in [0.2, 0.25) is 0 Å². The normalized spacial score (nSPS) is 19.1. The molecule has 1 aromatic rings. The molecule has 2 N–H and O–H groups in total. The summed E-state index contributed by atoms with van der Waals surface area (Å²) in [6.07, 6.45) is 0.705. The van der Waals surface area contributed by atoms with E-state index in [-0.39, 0.29) is 11.7 Å². The average molecular weight is 237 g/mol. The number of aromatic carboxylic acids is 1. The van der Waals surface area contributed by atoms with Gasteiger partial charge >= 0.3 is 5.97 Å². The molecule has 1 aromatic heterocycles. The van der Waals surface area contributed by atoms with E-state index >= 15 is 0 Å². The predicted molar refractivity (Wildman–Crippen MR) is 61.1 cm³/mol. The second kappa shape index (κ2) is 4.33. The van der Waals surface area contributed by atoms with Crippen molar-refractivity contribution in [2.24, 2.45) is 5.92 Å². The van der Waals surface area contributed by atoms with E-state index in [0.29, 0.717) is 18.9 Å². The van der Waals surface area contributed by atoms with Crippen molar-refractivity contribution in [1.29, 1.82) is 0 Å². The van der Waals surface area contributed by atoms with Gasteiger partial charge in [-0.2, -0.15) is 0 Å². The second-order valence-corrected chi connectivity index (χ2v) is 4.62. The summed E-state index contributed by atoms with van der Waals surface area (Å²) in [5, 5.41) is 8.85. The van der Waals surface area contributed by atoms with Gasteiger partial charge in [0.05, 0.1) is 12.7 Å². The van der Waals surface area contributed by atoms with Crippen LogP contribution in [0.5, 0.6) is 0 Å². The quantitative estimate of drug-likeness (QED) is 0.809. The van der Waals surface area contributed by atoms with Crippen LogP contribution in [-0.4, -0.2) is 22.2 Å². The zero-order valence-corrected chi connectivity index (χ0v) is 9.82. The number of carbonyl (C=O) groups is 1. The molecule has 0 aromatic carbocycles. The summed E-state index contributed by atoms with van der Waals surface area (Å²) >= 11 is 0. The Bertz CT molecular complexity index is 504. The summed E-state index contributed by atoms with van der Waals surface area (Å²) in [4.78, 5) is 25.0. The van der Waals surface area contributed by atoms with E-state index in [9.17, 15) is 9.59 Å². The predicted octanol–water partition coefficient (Wildman–Crippen LogP) is 1.17. The minimum Gasteiger partial charge on any atom is -0.477 e. The molecular formula is C12H15NO4. The lowest BCUT2D eigenvalue weighted by Gasteiger charge is -2.27. The highest BCUT2D eigenvalue weighted by Crippen LogP contribution is 2.22. The van der Waals surface area contributed by atoms with Crippen LogP contribution in [-0.2, 0) is 17.8 Å². The van der Waals surface area contributed by atoms with Crippen LogP contribution in [0.25, 0.3) is 0 Å². The van der Waals surface area contributed by atoms with E-state index in [1.807, 2.05) is 0 Å². The van der Waals surface area contributed by atoms with Crippen LogP contribution >= 0.6 is 0 Å². The van der Waals surface area contributed by atoms with Crippen LogP contribution in [0, 0.1) is 5.92 Å². The molecule has 0 saturated heterocycles. The third-order valence-corrected chi connectivity index (χ3v) is 3.05. The Labute approximate surface area is 98.4 Å². The molecular weight excluding hydrogens is 222 g/mol. The fourth-order valence-electron chi connectivity index (χ4n) is 1.97. The first-order valence-corrected chi connectivity index (χ1v) is 5.59. The number of hydrogen-bond donors (Lipinski definition) is 2. The van der Waals surface area contributed by atoms with E-state index in [0.717, 1.165) is 11.3 Å². The number of aromatic amines is 1. The number of H-pyrrole nitrogens is 1. The molecule has 5 nitrogen and oxygen atoms in total. The van der Waals surface area contributed by atoms with E-state index in [1.165, 1.54) is 6.07 Å². The van der Waals surface area contributed by atoms with Gasteiger partial charge in [-0.15, -0.1) is 0 Å². The fourth-order valence-corrected chi connectivity index (χ4v) is 1.97. The molecule has 2 rings (SSSR count). The van der Waals surface area contributed by atoms with E-state index < -0.39 is 11.5 Å². The molecule has 0 aliphatic carbocycles. The first-order chi connectivity index (χ1) is 7.99. The van der Waals surface area contributed by atoms with E-state index in [2.05, 4.69) is 18.8 Å². The molecule has 0 bridgehead atoms. The van der Waals surface area contributed by atoms with Crippen molar-refractivity contribution < 1.29 is 14.6 Å². The molecule has 2 heterocycles. The molecule has 0 spiro atoms. The van der Waals surface area contributed by atoms with Gasteiger partial charge in [0.15, 0.2) is 0 Å². The SMILES string of the molecule is CC(C)[C@H]1Cc2[nH]c(=O)c(C(=O)O)cc2CO1. The average Bonchev–Trinajstić information content (AvgIpc) is 2.26. The van der Waals surface area contributed by atoms with Gasteiger partial charge in [-0.1, -0.05) is 13.8 Å². The Morgan fingerprint density at radius 2 is 2.29 bits per heavy atom. The number of carboxylic acids is 1. The molecule has 0 fully saturated rings. The zero-order chi connectivity index (χ0) is 12.6. The number of rotatable bonds is 2. The molecule has 0 saturated carbocycles. The Morgan fingerprint density at radius 3 is 2.88 bits per heavy atom. The van der Waals surface area contributed by atoms with Crippen molar-refractivity contribution in [3.8, 4) is 0 Å². The van der Waals surface area contributed by atoms with Gasteiger partial charge in [-0.05, 0) is 17.5 Å². The first-order valence-electron chi connectivity index (χ1n) is 5.59. The lowest BCUT2D eigenvalue weighted by molar-refractivity contribution is -0.00168. The number of ether oxygens (including phenoxy) is 1. The minimum atomic E-state index is -1.21. The fraction of sp³-hybridized carbons (Fsp3) is 0.500. The van der Waals surface area contributed by atoms with Gasteiger partial charge < -0.3 is 14.8 Å². The van der Waals surface area contributed by atoms with Crippen LogP contribution < -0.4 is 5.56 Å². The lowest BCUT2D eigenvalue weighted by atomic mass is 9.96. The summed E-state index contributed by atoms with van der Waals surface area (Å²) < 4.78 is 5.63. The molecule has 1 aliphatic heterocycles. The molecule has 1 aliphatic rings. The minimum absolute atomic E-state index is 0.0776. The van der Waals surface area contributed by atoms with Gasteiger partial charge in [0, 0.05) is 12.1 Å². The summed E-state index contributed by atoms with van der Waals surface area (Å²) in [6.45, 7) is 4.47. The number of hydrogen-bond acceptors (Lipinski definition) is 3. The van der Waals surface area contributed by atoms with Gasteiger partial charge in [0.1, 0.15) is 5.56 Å². The van der Waals surface area contributed by atoms with Crippen LogP contribution in [0.4, 0.5) is 0 Å². The van der Waals surface area contributed by atoms with Crippen molar-refractivity contribution in [2.45, 2.75) is 33.0 Å². The number of nitrogens with one attached hydrogen (secondary N) is 1. The molecule has 92 valence electrons. The van der Waals surface area contributed by atoms with Crippen LogP contribution in [0.1, 0.15) is 35.5 Å². The second-order valence-electron chi connectivity index (χ2n) is 4.62. The highest BCUT2D eigenvalue weighted by Gasteiger charge is 2.24. The van der Waals surface area contributed by atoms with Crippen LogP contribution in [0.3, 0.4) is 0 Å². The Kier molecular flexibility index (Phi) is 3.02. The maximum absolute atomic E-state index is 11.5. The van der Waals surface area contributed by atoms with Crippen LogP contribution in [0.15, 0.2) is 10.9 Å². The third kappa shape index (κ3) is 2.24. The summed E-state index contributed by atoms with van der Waals surface area (Å²) in [5.41, 5.74) is 0.792. The molecule has 0 amide bonds. The summed E-state index contributed by atoms with van der Waals surface area (Å²) in [6, 6.07) is 1.41. The highest BCUT2D eigenvalue weighted by molar-refractivity contribution is 5.87. The molecule has 0 unspecified atom stereocenters. The van der Waals surface area contributed by atoms with Crippen molar-refractivity contribution in [3.05, 3.63) is 33.2 Å². The Balaban J connectivity index is 2.39. The van der Waals surface area contributed by atoms with Crippen molar-refractivity contribution in [3.63, 3.8) is 0 Å². The van der Waals surface area contributed by atoms with E-state index in [1.54, 1.807) is 0 Å². The molecule has 1 atom stereocenters. The highest BCUT2D eigenvalue weighted by atomic mass is 16.5. The summed E-state index contributed by atoms with van der Waals surface area (Å²) in [7, 11) is 0. The number of aromatic nitrogens is 1. The zero-order valence-electron chi connectivity index (χ0n) is 9.82. The largest absolute Gasteiger partial charge is 0.477 e.